The van der Waals surface area contributed by atoms with E-state index in [4.69, 9.17) is 5.11 Å². The van der Waals surface area contributed by atoms with Crippen LogP contribution in [0.25, 0.3) is 5.57 Å². The molecule has 1 atom stereocenters. The third-order valence-electron chi connectivity index (χ3n) is 3.08. The number of rotatable bonds is 5. The highest BCUT2D eigenvalue weighted by atomic mass is 32.2. The quantitative estimate of drug-likeness (QED) is 0.759. The van der Waals surface area contributed by atoms with Gasteiger partial charge in [-0.3, -0.25) is 4.79 Å². The van der Waals surface area contributed by atoms with Gasteiger partial charge in [-0.1, -0.05) is 30.3 Å². The average molecular weight is 326 g/mol. The molecular formula is C14H18N2O5S. The van der Waals surface area contributed by atoms with Gasteiger partial charge in [0.2, 0.25) is 0 Å². The smallest absolute Gasteiger partial charge is 0.329 e. The first kappa shape index (κ1) is 17.7. The number of sulfonamides is 1. The van der Waals surface area contributed by atoms with Gasteiger partial charge < -0.3 is 10.4 Å². The highest BCUT2D eigenvalue weighted by Gasteiger charge is 2.22. The van der Waals surface area contributed by atoms with Crippen molar-refractivity contribution in [2.24, 2.45) is 0 Å². The number of nitrogens with one attached hydrogen (secondary N) is 2. The van der Waals surface area contributed by atoms with Crippen LogP contribution in [-0.2, 0) is 14.8 Å². The topological polar surface area (TPSA) is 113 Å². The van der Waals surface area contributed by atoms with Gasteiger partial charge in [0.1, 0.15) is 6.04 Å². The molecule has 0 aromatic heterocycles. The summed E-state index contributed by atoms with van der Waals surface area (Å²) in [5, 5.41) is 10.7. The van der Waals surface area contributed by atoms with Crippen LogP contribution < -0.4 is 10.0 Å². The van der Waals surface area contributed by atoms with Crippen molar-refractivity contribution >= 4 is 27.6 Å². The second kappa shape index (κ2) is 7.08. The number of urea groups is 1. The zero-order chi connectivity index (χ0) is 16.9. The van der Waals surface area contributed by atoms with Gasteiger partial charge in [-0.2, -0.15) is 0 Å². The van der Waals surface area contributed by atoms with E-state index in [0.29, 0.717) is 11.1 Å². The fraction of sp³-hybridized carbons (Fsp3) is 0.286. The minimum atomic E-state index is -4.05. The second-order valence-electron chi connectivity index (χ2n) is 4.69. The van der Waals surface area contributed by atoms with Crippen molar-refractivity contribution < 1.29 is 23.1 Å². The van der Waals surface area contributed by atoms with E-state index in [2.05, 4.69) is 0 Å². The Bertz CT molecular complexity index is 695. The molecule has 0 saturated carbocycles. The van der Waals surface area contributed by atoms with Crippen LogP contribution in [0.4, 0.5) is 4.79 Å². The van der Waals surface area contributed by atoms with Crippen LogP contribution in [0.15, 0.2) is 35.2 Å². The molecule has 22 heavy (non-hydrogen) atoms. The van der Waals surface area contributed by atoms with Gasteiger partial charge in [0.05, 0.1) is 4.91 Å². The predicted molar refractivity (Wildman–Crippen MR) is 82.4 cm³/mol. The van der Waals surface area contributed by atoms with E-state index in [9.17, 15) is 18.0 Å². The molecule has 120 valence electrons. The van der Waals surface area contributed by atoms with Crippen LogP contribution in [-0.4, -0.2) is 31.6 Å². The largest absolute Gasteiger partial charge is 0.480 e. The van der Waals surface area contributed by atoms with E-state index in [0.717, 1.165) is 0 Å². The summed E-state index contributed by atoms with van der Waals surface area (Å²) >= 11 is 0. The molecule has 0 radical (unpaired) electrons. The van der Waals surface area contributed by atoms with Gasteiger partial charge in [-0.15, -0.1) is 0 Å². The molecule has 1 rings (SSSR count). The molecule has 0 fully saturated rings. The number of aliphatic carboxylic acids is 1. The van der Waals surface area contributed by atoms with Crippen LogP contribution in [0.3, 0.4) is 0 Å². The summed E-state index contributed by atoms with van der Waals surface area (Å²) in [5.41, 5.74) is 1.21. The molecule has 8 heteroatoms. The first-order valence-corrected chi connectivity index (χ1v) is 7.92. The summed E-state index contributed by atoms with van der Waals surface area (Å²) in [4.78, 5) is 22.2. The summed E-state index contributed by atoms with van der Waals surface area (Å²) in [7, 11) is -4.05. The normalized spacial score (nSPS) is 13.8. The molecule has 3 N–H and O–H groups in total. The van der Waals surface area contributed by atoms with Gasteiger partial charge in [0, 0.05) is 0 Å². The highest BCUT2D eigenvalue weighted by Crippen LogP contribution is 2.20. The summed E-state index contributed by atoms with van der Waals surface area (Å²) in [6.45, 7) is 4.23. The summed E-state index contributed by atoms with van der Waals surface area (Å²) < 4.78 is 26.1. The number of carboxylic acids is 1. The van der Waals surface area contributed by atoms with E-state index in [-0.39, 0.29) is 4.91 Å². The lowest BCUT2D eigenvalue weighted by molar-refractivity contribution is -0.138. The van der Waals surface area contributed by atoms with Crippen LogP contribution in [0.1, 0.15) is 26.3 Å². The summed E-state index contributed by atoms with van der Waals surface area (Å²) in [6.07, 6.45) is 0. The molecule has 0 aliphatic rings. The lowest BCUT2D eigenvalue weighted by Crippen LogP contribution is -2.46. The Kier molecular flexibility index (Phi) is 5.69. The fourth-order valence-corrected chi connectivity index (χ4v) is 2.56. The zero-order valence-corrected chi connectivity index (χ0v) is 13.3. The number of carbonyl (C=O) groups is 2. The van der Waals surface area contributed by atoms with E-state index in [1.807, 2.05) is 5.32 Å². The van der Waals surface area contributed by atoms with Crippen LogP contribution in [0.2, 0.25) is 0 Å². The molecule has 0 heterocycles. The van der Waals surface area contributed by atoms with Crippen molar-refractivity contribution in [2.45, 2.75) is 26.8 Å². The molecule has 1 aromatic rings. The Morgan fingerprint density at radius 1 is 1.14 bits per heavy atom. The van der Waals surface area contributed by atoms with E-state index < -0.39 is 28.1 Å². The Morgan fingerprint density at radius 2 is 1.68 bits per heavy atom. The van der Waals surface area contributed by atoms with Crippen molar-refractivity contribution in [1.82, 2.24) is 10.0 Å². The van der Waals surface area contributed by atoms with Crippen molar-refractivity contribution in [1.29, 1.82) is 0 Å². The first-order chi connectivity index (χ1) is 10.1. The molecule has 0 aliphatic carbocycles. The van der Waals surface area contributed by atoms with Crippen molar-refractivity contribution in [3.63, 3.8) is 0 Å². The Hall–Kier alpha value is -2.35. The molecule has 2 amide bonds. The van der Waals surface area contributed by atoms with Gasteiger partial charge >= 0.3 is 12.0 Å². The van der Waals surface area contributed by atoms with Gasteiger partial charge in [-0.25, -0.2) is 17.9 Å². The maximum atomic E-state index is 12.1. The molecular weight excluding hydrogens is 308 g/mol. The third kappa shape index (κ3) is 4.59. The number of amides is 2. The number of benzene rings is 1. The third-order valence-corrected chi connectivity index (χ3v) is 4.65. The molecule has 1 unspecified atom stereocenters. The van der Waals surface area contributed by atoms with Crippen LogP contribution in [0.5, 0.6) is 0 Å². The lowest BCUT2D eigenvalue weighted by atomic mass is 10.1. The maximum absolute atomic E-state index is 12.1. The predicted octanol–water partition coefficient (Wildman–Crippen LogP) is 1.54. The SMILES string of the molecule is CC(=C(C)S(=O)(=O)NC(=O)NC(C)C(=O)O)c1ccccc1. The Morgan fingerprint density at radius 3 is 2.18 bits per heavy atom. The minimum absolute atomic E-state index is 0.0168. The van der Waals surface area contributed by atoms with E-state index >= 15 is 0 Å². The first-order valence-electron chi connectivity index (χ1n) is 6.44. The molecule has 0 bridgehead atoms. The number of carbonyl (C=O) groups excluding carboxylic acids is 1. The number of hydrogen-bond donors (Lipinski definition) is 3. The van der Waals surface area contributed by atoms with Crippen LogP contribution >= 0.6 is 0 Å². The molecule has 0 spiro atoms. The molecule has 0 saturated heterocycles. The van der Waals surface area contributed by atoms with E-state index in [1.54, 1.807) is 42.0 Å². The van der Waals surface area contributed by atoms with Crippen molar-refractivity contribution in [2.75, 3.05) is 0 Å². The number of allylic oxidation sites excluding steroid dienone is 2. The standard InChI is InChI=1S/C14H18N2O5S/c1-9(12-7-5-4-6-8-12)11(3)22(20,21)16-14(19)15-10(2)13(17)18/h4-8,10H,1-3H3,(H,17,18)(H2,15,16,19). The molecule has 1 aromatic carbocycles. The maximum Gasteiger partial charge on any atom is 0.329 e. The van der Waals surface area contributed by atoms with Gasteiger partial charge in [-0.05, 0) is 31.9 Å². The van der Waals surface area contributed by atoms with Gasteiger partial charge in [0.25, 0.3) is 10.0 Å². The van der Waals surface area contributed by atoms with Gasteiger partial charge in [0.15, 0.2) is 0 Å². The average Bonchev–Trinajstić information content (AvgIpc) is 2.45. The Balaban J connectivity index is 2.94. The highest BCUT2D eigenvalue weighted by molar-refractivity contribution is 7.94. The number of hydrogen-bond acceptors (Lipinski definition) is 4. The molecule has 0 aliphatic heterocycles. The molecule has 7 nitrogen and oxygen atoms in total. The summed E-state index contributed by atoms with van der Waals surface area (Å²) in [5.74, 6) is -1.26. The monoisotopic (exact) mass is 326 g/mol. The zero-order valence-electron chi connectivity index (χ0n) is 12.5. The fourth-order valence-electron chi connectivity index (χ4n) is 1.58. The van der Waals surface area contributed by atoms with E-state index in [1.165, 1.54) is 13.8 Å². The lowest BCUT2D eigenvalue weighted by Gasteiger charge is -2.13. The number of carboxylic acid groups (broad SMARTS) is 1. The van der Waals surface area contributed by atoms with Crippen LogP contribution in [0, 0.1) is 0 Å². The second-order valence-corrected chi connectivity index (χ2v) is 6.51. The van der Waals surface area contributed by atoms with Crippen molar-refractivity contribution in [3.8, 4) is 0 Å². The Labute approximate surface area is 129 Å². The summed E-state index contributed by atoms with van der Waals surface area (Å²) in [6, 6.07) is 6.56. The minimum Gasteiger partial charge on any atom is -0.480 e. The van der Waals surface area contributed by atoms with Crippen molar-refractivity contribution in [3.05, 3.63) is 40.8 Å².